The summed E-state index contributed by atoms with van der Waals surface area (Å²) in [5.41, 5.74) is 7.97. The van der Waals surface area contributed by atoms with E-state index >= 15 is 0 Å². The Kier molecular flexibility index (Phi) is 3.95. The Morgan fingerprint density at radius 2 is 1.85 bits per heavy atom. The molecule has 0 saturated carbocycles. The first-order chi connectivity index (χ1) is 9.60. The number of oxime groups is 1. The van der Waals surface area contributed by atoms with Crippen molar-refractivity contribution in [2.75, 3.05) is 5.32 Å². The fraction of sp³-hybridized carbons (Fsp3) is 0.0714. The molecule has 20 heavy (non-hydrogen) atoms. The van der Waals surface area contributed by atoms with Gasteiger partial charge in [0.15, 0.2) is 5.84 Å². The van der Waals surface area contributed by atoms with Gasteiger partial charge >= 0.3 is 0 Å². The van der Waals surface area contributed by atoms with Crippen molar-refractivity contribution in [3.63, 3.8) is 0 Å². The van der Waals surface area contributed by atoms with Gasteiger partial charge in [-0.25, -0.2) is 0 Å². The zero-order valence-corrected chi connectivity index (χ0v) is 10.9. The number of carbonyl (C=O) groups excluding carboxylic acids is 1. The maximum atomic E-state index is 12.0. The molecule has 1 heterocycles. The zero-order chi connectivity index (χ0) is 14.5. The predicted octanol–water partition coefficient (Wildman–Crippen LogP) is 1.74. The molecule has 0 bridgehead atoms. The van der Waals surface area contributed by atoms with Gasteiger partial charge in [0, 0.05) is 16.8 Å². The Bertz CT molecular complexity index is 633. The second kappa shape index (κ2) is 5.83. The van der Waals surface area contributed by atoms with E-state index in [1.54, 1.807) is 36.5 Å². The summed E-state index contributed by atoms with van der Waals surface area (Å²) >= 11 is 0. The highest BCUT2D eigenvalue weighted by molar-refractivity contribution is 6.05. The Hall–Kier alpha value is -2.89. The molecule has 102 valence electrons. The Morgan fingerprint density at radius 3 is 2.40 bits per heavy atom. The number of hydrogen-bond acceptors (Lipinski definition) is 4. The average molecular weight is 270 g/mol. The van der Waals surface area contributed by atoms with Crippen LogP contribution in [0.4, 0.5) is 5.69 Å². The first-order valence-corrected chi connectivity index (χ1v) is 5.92. The van der Waals surface area contributed by atoms with Crippen LogP contribution in [0.25, 0.3) is 0 Å². The number of rotatable bonds is 3. The van der Waals surface area contributed by atoms with Gasteiger partial charge in [-0.05, 0) is 31.2 Å². The number of amides is 1. The van der Waals surface area contributed by atoms with Crippen molar-refractivity contribution in [3.8, 4) is 0 Å². The number of nitrogens with one attached hydrogen (secondary N) is 1. The van der Waals surface area contributed by atoms with Gasteiger partial charge in [-0.3, -0.25) is 9.78 Å². The Morgan fingerprint density at radius 1 is 1.20 bits per heavy atom. The van der Waals surface area contributed by atoms with Crippen LogP contribution in [0, 0.1) is 6.92 Å². The van der Waals surface area contributed by atoms with Gasteiger partial charge in [-0.15, -0.1) is 0 Å². The van der Waals surface area contributed by atoms with E-state index in [-0.39, 0.29) is 11.7 Å². The van der Waals surface area contributed by atoms with Gasteiger partial charge < -0.3 is 16.3 Å². The minimum atomic E-state index is -0.248. The number of amidine groups is 1. The van der Waals surface area contributed by atoms with Crippen molar-refractivity contribution in [2.45, 2.75) is 6.92 Å². The van der Waals surface area contributed by atoms with Crippen LogP contribution in [0.2, 0.25) is 0 Å². The largest absolute Gasteiger partial charge is 0.409 e. The monoisotopic (exact) mass is 270 g/mol. The Balaban J connectivity index is 2.11. The maximum Gasteiger partial charge on any atom is 0.255 e. The lowest BCUT2D eigenvalue weighted by molar-refractivity contribution is 0.102. The predicted molar refractivity (Wildman–Crippen MR) is 75.9 cm³/mol. The highest BCUT2D eigenvalue weighted by atomic mass is 16.4. The van der Waals surface area contributed by atoms with Crippen molar-refractivity contribution in [1.29, 1.82) is 0 Å². The molecule has 6 heteroatoms. The molecule has 0 aliphatic heterocycles. The number of nitrogens with two attached hydrogens (primary N) is 1. The highest BCUT2D eigenvalue weighted by Crippen LogP contribution is 2.10. The molecule has 1 amide bonds. The Labute approximate surface area is 115 Å². The van der Waals surface area contributed by atoms with Crippen molar-refractivity contribution in [3.05, 3.63) is 59.4 Å². The third kappa shape index (κ3) is 3.11. The van der Waals surface area contributed by atoms with Crippen LogP contribution < -0.4 is 11.1 Å². The summed E-state index contributed by atoms with van der Waals surface area (Å²) in [6.07, 6.45) is 1.60. The third-order valence-electron chi connectivity index (χ3n) is 2.72. The minimum absolute atomic E-state index is 0.000284. The van der Waals surface area contributed by atoms with Crippen molar-refractivity contribution < 1.29 is 10.0 Å². The SMILES string of the molecule is Cc1ccc(NC(=O)c2ccc(/C(N)=N/O)cc2)cn1. The van der Waals surface area contributed by atoms with Crippen molar-refractivity contribution in [2.24, 2.45) is 10.9 Å². The smallest absolute Gasteiger partial charge is 0.255 e. The van der Waals surface area contributed by atoms with Crippen LogP contribution in [-0.2, 0) is 0 Å². The molecule has 1 aromatic heterocycles. The van der Waals surface area contributed by atoms with Gasteiger partial charge in [0.25, 0.3) is 5.91 Å². The van der Waals surface area contributed by atoms with Crippen LogP contribution in [-0.4, -0.2) is 21.9 Å². The van der Waals surface area contributed by atoms with E-state index in [0.29, 0.717) is 16.8 Å². The van der Waals surface area contributed by atoms with E-state index < -0.39 is 0 Å². The standard InChI is InChI=1S/C14H14N4O2/c1-9-2-7-12(8-16-9)17-14(19)11-5-3-10(4-6-11)13(15)18-20/h2-8,20H,1H3,(H2,15,18)(H,17,19). The number of hydrogen-bond donors (Lipinski definition) is 3. The van der Waals surface area contributed by atoms with Crippen LogP contribution in [0.5, 0.6) is 0 Å². The summed E-state index contributed by atoms with van der Waals surface area (Å²) < 4.78 is 0. The van der Waals surface area contributed by atoms with E-state index in [0.717, 1.165) is 5.69 Å². The number of carbonyl (C=O) groups is 1. The molecular formula is C14H14N4O2. The summed E-state index contributed by atoms with van der Waals surface area (Å²) in [5, 5.41) is 14.2. The van der Waals surface area contributed by atoms with Crippen LogP contribution in [0.3, 0.4) is 0 Å². The second-order valence-corrected chi connectivity index (χ2v) is 4.20. The molecule has 0 atom stereocenters. The van der Waals surface area contributed by atoms with E-state index in [9.17, 15) is 4.79 Å². The lowest BCUT2D eigenvalue weighted by Crippen LogP contribution is -2.15. The van der Waals surface area contributed by atoms with Gasteiger partial charge in [0.05, 0.1) is 11.9 Å². The molecule has 0 unspecified atom stereocenters. The van der Waals surface area contributed by atoms with Gasteiger partial charge in [-0.1, -0.05) is 17.3 Å². The number of benzene rings is 1. The highest BCUT2D eigenvalue weighted by Gasteiger charge is 2.07. The molecule has 6 nitrogen and oxygen atoms in total. The van der Waals surface area contributed by atoms with Crippen molar-refractivity contribution in [1.82, 2.24) is 4.98 Å². The minimum Gasteiger partial charge on any atom is -0.409 e. The molecule has 0 aliphatic carbocycles. The quantitative estimate of drug-likeness (QED) is 0.342. The summed E-state index contributed by atoms with van der Waals surface area (Å²) in [6, 6.07) is 10.0. The lowest BCUT2D eigenvalue weighted by atomic mass is 10.1. The number of aryl methyl sites for hydroxylation is 1. The van der Waals surface area contributed by atoms with E-state index in [1.165, 1.54) is 0 Å². The molecule has 0 spiro atoms. The molecule has 1 aromatic carbocycles. The topological polar surface area (TPSA) is 101 Å². The van der Waals surface area contributed by atoms with Crippen LogP contribution in [0.1, 0.15) is 21.6 Å². The summed E-state index contributed by atoms with van der Waals surface area (Å²) in [4.78, 5) is 16.1. The molecule has 0 saturated heterocycles. The van der Waals surface area contributed by atoms with Crippen molar-refractivity contribution >= 4 is 17.4 Å². The lowest BCUT2D eigenvalue weighted by Gasteiger charge is -2.06. The summed E-state index contributed by atoms with van der Waals surface area (Å²) in [7, 11) is 0. The number of anilines is 1. The third-order valence-corrected chi connectivity index (χ3v) is 2.72. The van der Waals surface area contributed by atoms with Gasteiger partial charge in [-0.2, -0.15) is 0 Å². The number of nitrogens with zero attached hydrogens (tertiary/aromatic N) is 2. The average Bonchev–Trinajstić information content (AvgIpc) is 2.49. The van der Waals surface area contributed by atoms with E-state index in [4.69, 9.17) is 10.9 Å². The molecule has 2 aromatic rings. The zero-order valence-electron chi connectivity index (χ0n) is 10.9. The number of aromatic nitrogens is 1. The first-order valence-electron chi connectivity index (χ1n) is 5.92. The molecule has 0 fully saturated rings. The molecular weight excluding hydrogens is 256 g/mol. The normalized spacial score (nSPS) is 11.2. The number of pyridine rings is 1. The van der Waals surface area contributed by atoms with Crippen LogP contribution in [0.15, 0.2) is 47.8 Å². The maximum absolute atomic E-state index is 12.0. The molecule has 0 radical (unpaired) electrons. The fourth-order valence-corrected chi connectivity index (χ4v) is 1.60. The van der Waals surface area contributed by atoms with E-state index in [1.807, 2.05) is 13.0 Å². The summed E-state index contributed by atoms with van der Waals surface area (Å²) in [5.74, 6) is -0.249. The van der Waals surface area contributed by atoms with Gasteiger partial charge in [0.1, 0.15) is 0 Å². The fourth-order valence-electron chi connectivity index (χ4n) is 1.60. The molecule has 0 aliphatic rings. The molecule has 4 N–H and O–H groups in total. The van der Waals surface area contributed by atoms with E-state index in [2.05, 4.69) is 15.5 Å². The molecule has 2 rings (SSSR count). The second-order valence-electron chi connectivity index (χ2n) is 4.20. The van der Waals surface area contributed by atoms with Crippen LogP contribution >= 0.6 is 0 Å². The summed E-state index contributed by atoms with van der Waals surface area (Å²) in [6.45, 7) is 1.87. The first kappa shape index (κ1) is 13.5. The van der Waals surface area contributed by atoms with Gasteiger partial charge in [0.2, 0.25) is 0 Å².